The molecule has 1 aromatic carbocycles. The van der Waals surface area contributed by atoms with Gasteiger partial charge in [0.2, 0.25) is 0 Å². The van der Waals surface area contributed by atoms with Gasteiger partial charge in [-0.05, 0) is 30.0 Å². The summed E-state index contributed by atoms with van der Waals surface area (Å²) in [4.78, 5) is 10.9. The minimum atomic E-state index is 0.203. The molecule has 14 heavy (non-hydrogen) atoms. The maximum Gasteiger partial charge on any atom is 0.134 e. The molecule has 0 spiro atoms. The second-order valence-electron chi connectivity index (χ2n) is 3.89. The fourth-order valence-corrected chi connectivity index (χ4v) is 2.32. The van der Waals surface area contributed by atoms with Gasteiger partial charge in [-0.2, -0.15) is 0 Å². The van der Waals surface area contributed by atoms with Crippen LogP contribution in [-0.2, 0) is 11.2 Å². The van der Waals surface area contributed by atoms with Gasteiger partial charge in [-0.3, -0.25) is 4.79 Å². The summed E-state index contributed by atoms with van der Waals surface area (Å²) < 4.78 is 1.10. The standard InChI is InChI=1S/C12H15BrO/c1-8(2)11-5-4-10(6-9(3)14)7-12(11)13/h4-5,7-8H,6H2,1-3H3. The van der Waals surface area contributed by atoms with Gasteiger partial charge in [-0.15, -0.1) is 0 Å². The van der Waals surface area contributed by atoms with E-state index in [9.17, 15) is 4.79 Å². The number of hydrogen-bond donors (Lipinski definition) is 0. The summed E-state index contributed by atoms with van der Waals surface area (Å²) in [6.45, 7) is 5.93. The first-order valence-electron chi connectivity index (χ1n) is 4.78. The zero-order valence-electron chi connectivity index (χ0n) is 8.80. The van der Waals surface area contributed by atoms with Gasteiger partial charge in [0, 0.05) is 10.9 Å². The number of carbonyl (C=O) groups is 1. The second kappa shape index (κ2) is 4.74. The summed E-state index contributed by atoms with van der Waals surface area (Å²) in [6, 6.07) is 6.16. The van der Waals surface area contributed by atoms with Crippen LogP contribution in [0.2, 0.25) is 0 Å². The summed E-state index contributed by atoms with van der Waals surface area (Å²) in [7, 11) is 0. The van der Waals surface area contributed by atoms with Gasteiger partial charge in [0.15, 0.2) is 0 Å². The van der Waals surface area contributed by atoms with Crippen LogP contribution in [0.1, 0.15) is 37.8 Å². The number of Topliss-reactive ketones (excluding diaryl/α,β-unsaturated/α-hetero) is 1. The van der Waals surface area contributed by atoms with Gasteiger partial charge in [0.05, 0.1) is 0 Å². The highest BCUT2D eigenvalue weighted by molar-refractivity contribution is 9.10. The number of hydrogen-bond acceptors (Lipinski definition) is 1. The zero-order valence-corrected chi connectivity index (χ0v) is 10.4. The molecule has 1 nitrogen and oxygen atoms in total. The molecule has 76 valence electrons. The second-order valence-corrected chi connectivity index (χ2v) is 4.74. The Kier molecular flexibility index (Phi) is 3.87. The number of ketones is 1. The van der Waals surface area contributed by atoms with E-state index in [0.717, 1.165) is 10.0 Å². The van der Waals surface area contributed by atoms with Crippen molar-refractivity contribution in [2.75, 3.05) is 0 Å². The SMILES string of the molecule is CC(=O)Cc1ccc(C(C)C)c(Br)c1. The lowest BCUT2D eigenvalue weighted by Crippen LogP contribution is -1.97. The molecule has 1 aromatic rings. The molecule has 0 heterocycles. The van der Waals surface area contributed by atoms with Gasteiger partial charge in [-0.1, -0.05) is 41.9 Å². The molecular formula is C12H15BrO. The molecule has 0 fully saturated rings. The Hall–Kier alpha value is -0.630. The van der Waals surface area contributed by atoms with Crippen molar-refractivity contribution in [2.24, 2.45) is 0 Å². The van der Waals surface area contributed by atoms with Crippen LogP contribution in [0.25, 0.3) is 0 Å². The number of benzene rings is 1. The van der Waals surface area contributed by atoms with Crippen LogP contribution in [-0.4, -0.2) is 5.78 Å². The zero-order chi connectivity index (χ0) is 10.7. The first kappa shape index (κ1) is 11.4. The van der Waals surface area contributed by atoms with E-state index < -0.39 is 0 Å². The van der Waals surface area contributed by atoms with Crippen molar-refractivity contribution in [3.63, 3.8) is 0 Å². The summed E-state index contributed by atoms with van der Waals surface area (Å²) in [5.41, 5.74) is 2.37. The molecule has 0 aromatic heterocycles. The topological polar surface area (TPSA) is 17.1 Å². The molecule has 2 heteroatoms. The lowest BCUT2D eigenvalue weighted by atomic mass is 10.0. The molecular weight excluding hydrogens is 240 g/mol. The van der Waals surface area contributed by atoms with Gasteiger partial charge < -0.3 is 0 Å². The Labute approximate surface area is 93.7 Å². The van der Waals surface area contributed by atoms with Crippen LogP contribution in [0, 0.1) is 0 Å². The van der Waals surface area contributed by atoms with Crippen molar-refractivity contribution in [1.82, 2.24) is 0 Å². The quantitative estimate of drug-likeness (QED) is 0.804. The average Bonchev–Trinajstić information content (AvgIpc) is 2.01. The van der Waals surface area contributed by atoms with Crippen LogP contribution in [0.15, 0.2) is 22.7 Å². The van der Waals surface area contributed by atoms with E-state index in [2.05, 4.69) is 35.8 Å². The normalized spacial score (nSPS) is 10.6. The predicted molar refractivity (Wildman–Crippen MR) is 62.6 cm³/mol. The van der Waals surface area contributed by atoms with Crippen molar-refractivity contribution >= 4 is 21.7 Å². The molecule has 1 rings (SSSR count). The van der Waals surface area contributed by atoms with Gasteiger partial charge in [-0.25, -0.2) is 0 Å². The molecule has 0 aliphatic carbocycles. The summed E-state index contributed by atoms with van der Waals surface area (Å²) in [6.07, 6.45) is 0.525. The Bertz CT molecular complexity index is 342. The Morgan fingerprint density at radius 2 is 2.07 bits per heavy atom. The van der Waals surface area contributed by atoms with Crippen molar-refractivity contribution in [3.05, 3.63) is 33.8 Å². The van der Waals surface area contributed by atoms with Crippen molar-refractivity contribution < 1.29 is 4.79 Å². The smallest absolute Gasteiger partial charge is 0.134 e. The third kappa shape index (κ3) is 2.95. The molecule has 0 N–H and O–H groups in total. The maximum atomic E-state index is 10.9. The summed E-state index contributed by atoms with van der Waals surface area (Å²) in [5, 5.41) is 0. The first-order chi connectivity index (χ1) is 6.50. The molecule has 0 aliphatic heterocycles. The lowest BCUT2D eigenvalue weighted by Gasteiger charge is -2.09. The molecule has 0 unspecified atom stereocenters. The average molecular weight is 255 g/mol. The Morgan fingerprint density at radius 1 is 1.43 bits per heavy atom. The van der Waals surface area contributed by atoms with Gasteiger partial charge in [0.25, 0.3) is 0 Å². The summed E-state index contributed by atoms with van der Waals surface area (Å²) >= 11 is 3.53. The molecule has 0 bridgehead atoms. The van der Waals surface area contributed by atoms with E-state index in [1.54, 1.807) is 6.92 Å². The minimum absolute atomic E-state index is 0.203. The lowest BCUT2D eigenvalue weighted by molar-refractivity contribution is -0.116. The fourth-order valence-electron chi connectivity index (χ4n) is 1.44. The monoisotopic (exact) mass is 254 g/mol. The summed E-state index contributed by atoms with van der Waals surface area (Å²) in [5.74, 6) is 0.713. The highest BCUT2D eigenvalue weighted by Crippen LogP contribution is 2.25. The van der Waals surface area contributed by atoms with Gasteiger partial charge >= 0.3 is 0 Å². The van der Waals surface area contributed by atoms with Crippen LogP contribution in [0.5, 0.6) is 0 Å². The molecule has 0 atom stereocenters. The minimum Gasteiger partial charge on any atom is -0.300 e. The van der Waals surface area contributed by atoms with E-state index in [0.29, 0.717) is 12.3 Å². The third-order valence-corrected chi connectivity index (χ3v) is 2.83. The molecule has 0 aliphatic rings. The van der Waals surface area contributed by atoms with Crippen molar-refractivity contribution in [2.45, 2.75) is 33.1 Å². The first-order valence-corrected chi connectivity index (χ1v) is 5.57. The molecule has 0 saturated heterocycles. The number of halogens is 1. The Morgan fingerprint density at radius 3 is 2.50 bits per heavy atom. The molecule has 0 amide bonds. The number of rotatable bonds is 3. The van der Waals surface area contributed by atoms with Crippen molar-refractivity contribution in [1.29, 1.82) is 0 Å². The van der Waals surface area contributed by atoms with E-state index in [-0.39, 0.29) is 5.78 Å². The predicted octanol–water partition coefficient (Wildman–Crippen LogP) is 3.70. The van der Waals surface area contributed by atoms with E-state index in [1.165, 1.54) is 5.56 Å². The van der Waals surface area contributed by atoms with E-state index >= 15 is 0 Å². The third-order valence-electron chi connectivity index (χ3n) is 2.14. The maximum absolute atomic E-state index is 10.9. The van der Waals surface area contributed by atoms with Crippen LogP contribution >= 0.6 is 15.9 Å². The van der Waals surface area contributed by atoms with Crippen LogP contribution < -0.4 is 0 Å². The van der Waals surface area contributed by atoms with Crippen LogP contribution in [0.3, 0.4) is 0 Å². The Balaban J connectivity index is 2.94. The largest absolute Gasteiger partial charge is 0.300 e. The number of carbonyl (C=O) groups excluding carboxylic acids is 1. The van der Waals surface area contributed by atoms with E-state index in [1.807, 2.05) is 12.1 Å². The van der Waals surface area contributed by atoms with E-state index in [4.69, 9.17) is 0 Å². The fraction of sp³-hybridized carbons (Fsp3) is 0.417. The van der Waals surface area contributed by atoms with Gasteiger partial charge in [0.1, 0.15) is 5.78 Å². The molecule has 0 radical (unpaired) electrons. The van der Waals surface area contributed by atoms with Crippen molar-refractivity contribution in [3.8, 4) is 0 Å². The molecule has 0 saturated carbocycles. The highest BCUT2D eigenvalue weighted by atomic mass is 79.9. The van der Waals surface area contributed by atoms with Crippen LogP contribution in [0.4, 0.5) is 0 Å². The highest BCUT2D eigenvalue weighted by Gasteiger charge is 2.06.